The molecule has 1 unspecified atom stereocenters. The maximum Gasteiger partial charge on any atom is 0.214 e. The fourth-order valence-electron chi connectivity index (χ4n) is 1.02. The van der Waals surface area contributed by atoms with E-state index < -0.39 is 10.0 Å². The third-order valence-corrected chi connectivity index (χ3v) is 4.81. The molecule has 0 fully saturated rings. The largest absolute Gasteiger partial charge is 0.214 e. The van der Waals surface area contributed by atoms with Crippen molar-refractivity contribution in [1.29, 1.82) is 0 Å². The number of hydrogen-bond donors (Lipinski definition) is 0. The molecule has 14 heavy (non-hydrogen) atoms. The highest BCUT2D eigenvalue weighted by molar-refractivity contribution is 7.89. The third-order valence-electron chi connectivity index (χ3n) is 1.90. The van der Waals surface area contributed by atoms with E-state index >= 15 is 0 Å². The van der Waals surface area contributed by atoms with Gasteiger partial charge in [-0.05, 0) is 12.3 Å². The van der Waals surface area contributed by atoms with Crippen LogP contribution in [0.1, 0.15) is 27.7 Å². The lowest BCUT2D eigenvalue weighted by molar-refractivity contribution is 0.389. The molecule has 5 heteroatoms. The van der Waals surface area contributed by atoms with E-state index in [1.54, 1.807) is 14.0 Å². The number of hydrogen-bond acceptors (Lipinski definition) is 2. The second kappa shape index (κ2) is 4.81. The average Bonchev–Trinajstić information content (AvgIpc) is 1.97. The molecule has 0 spiro atoms. The first-order chi connectivity index (χ1) is 6.10. The van der Waals surface area contributed by atoms with Gasteiger partial charge in [-0.3, -0.25) is 0 Å². The number of rotatable bonds is 4. The van der Waals surface area contributed by atoms with Crippen LogP contribution in [0.15, 0.2) is 0 Å². The van der Waals surface area contributed by atoms with E-state index in [9.17, 15) is 8.42 Å². The van der Waals surface area contributed by atoms with Crippen molar-refractivity contribution in [3.05, 3.63) is 0 Å². The lowest BCUT2D eigenvalue weighted by atomic mass is 10.0. The molecule has 0 saturated carbocycles. The van der Waals surface area contributed by atoms with Crippen molar-refractivity contribution < 1.29 is 8.42 Å². The SMILES string of the molecule is CC(CCl)N(C)S(=O)(=O)CC(C)(C)C. The fraction of sp³-hybridized carbons (Fsp3) is 1.00. The van der Waals surface area contributed by atoms with Crippen molar-refractivity contribution in [3.8, 4) is 0 Å². The Hall–Kier alpha value is 0.200. The molecule has 0 amide bonds. The zero-order chi connectivity index (χ0) is 11.6. The highest BCUT2D eigenvalue weighted by Gasteiger charge is 2.28. The van der Waals surface area contributed by atoms with Gasteiger partial charge in [-0.1, -0.05) is 20.8 Å². The zero-order valence-corrected chi connectivity index (χ0v) is 11.1. The Morgan fingerprint density at radius 3 is 2.07 bits per heavy atom. The first kappa shape index (κ1) is 14.2. The number of nitrogens with zero attached hydrogens (tertiary/aromatic N) is 1. The van der Waals surface area contributed by atoms with E-state index in [1.807, 2.05) is 20.8 Å². The van der Waals surface area contributed by atoms with E-state index in [2.05, 4.69) is 0 Å². The first-order valence-electron chi connectivity index (χ1n) is 4.62. The summed E-state index contributed by atoms with van der Waals surface area (Å²) in [5.41, 5.74) is -0.223. The molecule has 0 aliphatic carbocycles. The molecular formula is C9H20ClNO2S. The van der Waals surface area contributed by atoms with Crippen LogP contribution >= 0.6 is 11.6 Å². The molecule has 1 atom stereocenters. The van der Waals surface area contributed by atoms with Crippen LogP contribution in [-0.4, -0.2) is 37.4 Å². The van der Waals surface area contributed by atoms with Gasteiger partial charge >= 0.3 is 0 Å². The Bertz CT molecular complexity index is 269. The lowest BCUT2D eigenvalue weighted by Gasteiger charge is -2.26. The molecular weight excluding hydrogens is 222 g/mol. The van der Waals surface area contributed by atoms with E-state index in [0.29, 0.717) is 5.88 Å². The van der Waals surface area contributed by atoms with E-state index in [1.165, 1.54) is 4.31 Å². The monoisotopic (exact) mass is 241 g/mol. The third kappa shape index (κ3) is 4.62. The van der Waals surface area contributed by atoms with Gasteiger partial charge < -0.3 is 0 Å². The summed E-state index contributed by atoms with van der Waals surface area (Å²) in [5, 5.41) is 0. The number of halogens is 1. The van der Waals surface area contributed by atoms with Gasteiger partial charge in [-0.15, -0.1) is 11.6 Å². The van der Waals surface area contributed by atoms with Crippen LogP contribution in [0.25, 0.3) is 0 Å². The summed E-state index contributed by atoms with van der Waals surface area (Å²) >= 11 is 5.62. The Morgan fingerprint density at radius 1 is 1.36 bits per heavy atom. The lowest BCUT2D eigenvalue weighted by Crippen LogP contribution is -2.40. The summed E-state index contributed by atoms with van der Waals surface area (Å²) in [6.07, 6.45) is 0. The molecule has 3 nitrogen and oxygen atoms in total. The molecule has 0 bridgehead atoms. The van der Waals surface area contributed by atoms with Gasteiger partial charge in [0.2, 0.25) is 10.0 Å². The maximum atomic E-state index is 11.8. The smallest absolute Gasteiger partial charge is 0.212 e. The summed E-state index contributed by atoms with van der Waals surface area (Å²) in [7, 11) is -1.60. The highest BCUT2D eigenvalue weighted by atomic mass is 35.5. The van der Waals surface area contributed by atoms with Crippen molar-refractivity contribution in [2.75, 3.05) is 18.7 Å². The van der Waals surface area contributed by atoms with Crippen molar-refractivity contribution in [2.45, 2.75) is 33.7 Å². The van der Waals surface area contributed by atoms with Crippen LogP contribution in [0.4, 0.5) is 0 Å². The van der Waals surface area contributed by atoms with Crippen molar-refractivity contribution in [1.82, 2.24) is 4.31 Å². The van der Waals surface area contributed by atoms with E-state index in [-0.39, 0.29) is 17.2 Å². The molecule has 0 saturated heterocycles. The summed E-state index contributed by atoms with van der Waals surface area (Å²) in [4.78, 5) is 0. The van der Waals surface area contributed by atoms with Gasteiger partial charge in [0.25, 0.3) is 0 Å². The first-order valence-corrected chi connectivity index (χ1v) is 6.76. The topological polar surface area (TPSA) is 37.4 Å². The summed E-state index contributed by atoms with van der Waals surface area (Å²) in [6.45, 7) is 7.52. The quantitative estimate of drug-likeness (QED) is 0.706. The summed E-state index contributed by atoms with van der Waals surface area (Å²) in [6, 6.07) is -0.149. The molecule has 0 heterocycles. The Balaban J connectivity index is 4.64. The Morgan fingerprint density at radius 2 is 1.79 bits per heavy atom. The second-order valence-electron chi connectivity index (χ2n) is 4.84. The predicted octanol–water partition coefficient (Wildman–Crippen LogP) is 1.92. The van der Waals surface area contributed by atoms with Crippen LogP contribution in [0.5, 0.6) is 0 Å². The zero-order valence-electron chi connectivity index (χ0n) is 9.54. The number of sulfonamides is 1. The minimum absolute atomic E-state index is 0.149. The molecule has 0 aromatic rings. The van der Waals surface area contributed by atoms with Gasteiger partial charge in [-0.2, -0.15) is 0 Å². The molecule has 0 radical (unpaired) electrons. The van der Waals surface area contributed by atoms with Gasteiger partial charge in [0.05, 0.1) is 5.75 Å². The Labute approximate surface area is 92.5 Å². The Kier molecular flexibility index (Phi) is 4.88. The molecule has 86 valence electrons. The van der Waals surface area contributed by atoms with Crippen molar-refractivity contribution in [3.63, 3.8) is 0 Å². The fourth-order valence-corrected chi connectivity index (χ4v) is 3.23. The minimum Gasteiger partial charge on any atom is -0.212 e. The maximum absolute atomic E-state index is 11.8. The molecule has 0 aromatic heterocycles. The van der Waals surface area contributed by atoms with E-state index in [0.717, 1.165) is 0 Å². The van der Waals surface area contributed by atoms with Crippen molar-refractivity contribution >= 4 is 21.6 Å². The van der Waals surface area contributed by atoms with Crippen LogP contribution in [0.3, 0.4) is 0 Å². The van der Waals surface area contributed by atoms with Gasteiger partial charge in [-0.25, -0.2) is 12.7 Å². The molecule has 0 aromatic carbocycles. The van der Waals surface area contributed by atoms with Crippen LogP contribution in [0, 0.1) is 5.41 Å². The highest BCUT2D eigenvalue weighted by Crippen LogP contribution is 2.19. The van der Waals surface area contributed by atoms with Crippen LogP contribution < -0.4 is 0 Å². The summed E-state index contributed by atoms with van der Waals surface area (Å²) < 4.78 is 25.0. The average molecular weight is 242 g/mol. The normalized spacial score (nSPS) is 15.9. The molecule has 0 N–H and O–H groups in total. The van der Waals surface area contributed by atoms with Crippen molar-refractivity contribution in [2.24, 2.45) is 5.41 Å². The van der Waals surface area contributed by atoms with Gasteiger partial charge in [0.1, 0.15) is 0 Å². The van der Waals surface area contributed by atoms with Crippen LogP contribution in [0.2, 0.25) is 0 Å². The molecule has 0 aliphatic heterocycles. The predicted molar refractivity (Wildman–Crippen MR) is 61.2 cm³/mol. The minimum atomic E-state index is -3.18. The molecule has 0 rings (SSSR count). The van der Waals surface area contributed by atoms with Gasteiger partial charge in [0, 0.05) is 19.0 Å². The standard InChI is InChI=1S/C9H20ClNO2S/c1-8(6-10)11(5)14(12,13)7-9(2,3)4/h8H,6-7H2,1-5H3. The second-order valence-corrected chi connectivity index (χ2v) is 7.17. The van der Waals surface area contributed by atoms with Crippen LogP contribution in [-0.2, 0) is 10.0 Å². The van der Waals surface area contributed by atoms with Gasteiger partial charge in [0.15, 0.2) is 0 Å². The number of alkyl halides is 1. The molecule has 0 aliphatic rings. The van der Waals surface area contributed by atoms with E-state index in [4.69, 9.17) is 11.6 Å². The summed E-state index contributed by atoms with van der Waals surface area (Å²) in [5.74, 6) is 0.470.